The Morgan fingerprint density at radius 2 is 2.00 bits per heavy atom. The maximum atomic E-state index is 12.1. The Morgan fingerprint density at radius 3 is 2.58 bits per heavy atom. The van der Waals surface area contributed by atoms with E-state index in [-0.39, 0.29) is 18.2 Å². The van der Waals surface area contributed by atoms with Crippen LogP contribution < -0.4 is 5.32 Å². The molecule has 5 nitrogen and oxygen atoms in total. The van der Waals surface area contributed by atoms with Crippen LogP contribution in [0.5, 0.6) is 0 Å². The summed E-state index contributed by atoms with van der Waals surface area (Å²) in [6.45, 7) is 3.70. The van der Waals surface area contributed by atoms with E-state index in [1.807, 2.05) is 24.4 Å². The highest BCUT2D eigenvalue weighted by molar-refractivity contribution is 7.13. The normalized spacial score (nSPS) is 13.3. The second-order valence-corrected chi connectivity index (χ2v) is 6.89. The summed E-state index contributed by atoms with van der Waals surface area (Å²) >= 11 is 7.30. The van der Waals surface area contributed by atoms with Crippen LogP contribution >= 0.6 is 22.9 Å². The van der Waals surface area contributed by atoms with Gasteiger partial charge in [-0.3, -0.25) is 4.79 Å². The Morgan fingerprint density at radius 1 is 1.33 bits per heavy atom. The van der Waals surface area contributed by atoms with Crippen molar-refractivity contribution in [2.45, 2.75) is 32.7 Å². The molecule has 2 aromatic rings. The van der Waals surface area contributed by atoms with Crippen molar-refractivity contribution in [2.75, 3.05) is 0 Å². The van der Waals surface area contributed by atoms with Gasteiger partial charge in [-0.1, -0.05) is 44.0 Å². The zero-order chi connectivity index (χ0) is 17.7. The van der Waals surface area contributed by atoms with Crippen LogP contribution in [0, 0.1) is 5.92 Å². The van der Waals surface area contributed by atoms with Crippen molar-refractivity contribution in [2.24, 2.45) is 5.92 Å². The van der Waals surface area contributed by atoms with Crippen molar-refractivity contribution >= 4 is 34.8 Å². The highest BCUT2D eigenvalue weighted by Crippen LogP contribution is 2.25. The maximum absolute atomic E-state index is 12.1. The molecule has 0 saturated carbocycles. The number of thiazole rings is 1. The largest absolute Gasteiger partial charge is 0.480 e. The van der Waals surface area contributed by atoms with Crippen LogP contribution in [0.2, 0.25) is 5.02 Å². The molecule has 0 spiro atoms. The van der Waals surface area contributed by atoms with E-state index in [1.54, 1.807) is 19.1 Å². The summed E-state index contributed by atoms with van der Waals surface area (Å²) in [4.78, 5) is 27.8. The summed E-state index contributed by atoms with van der Waals surface area (Å²) in [6, 6.07) is 6.43. The number of carbonyl (C=O) groups is 2. The molecule has 24 heavy (non-hydrogen) atoms. The van der Waals surface area contributed by atoms with E-state index in [0.29, 0.717) is 17.1 Å². The molecule has 2 atom stereocenters. The molecular formula is C17H19ClN2O3S. The second-order valence-electron chi connectivity index (χ2n) is 5.60. The van der Waals surface area contributed by atoms with Crippen LogP contribution in [0.15, 0.2) is 29.6 Å². The van der Waals surface area contributed by atoms with Gasteiger partial charge in [0.05, 0.1) is 12.1 Å². The van der Waals surface area contributed by atoms with E-state index >= 15 is 0 Å². The summed E-state index contributed by atoms with van der Waals surface area (Å²) in [5, 5.41) is 15.1. The van der Waals surface area contributed by atoms with Gasteiger partial charge >= 0.3 is 5.97 Å². The number of carboxylic acid groups (broad SMARTS) is 1. The number of hydrogen-bond donors (Lipinski definition) is 2. The number of carboxylic acids is 1. The Bertz CT molecular complexity index is 715. The fourth-order valence-corrected chi connectivity index (χ4v) is 3.14. The molecule has 0 aliphatic heterocycles. The number of carbonyl (C=O) groups excluding carboxylic acids is 1. The third-order valence-corrected chi connectivity index (χ3v) is 4.97. The predicted molar refractivity (Wildman–Crippen MR) is 95.3 cm³/mol. The SMILES string of the molecule is CC[C@@H](C)[C@@H](NC(=O)Cc1csc(-c2ccc(Cl)cc2)n1)C(=O)O. The Labute approximate surface area is 149 Å². The third kappa shape index (κ3) is 4.79. The van der Waals surface area contributed by atoms with E-state index in [0.717, 1.165) is 10.6 Å². The standard InChI is InChI=1S/C17H19ClN2O3S/c1-3-10(2)15(17(22)23)20-14(21)8-13-9-24-16(19-13)11-4-6-12(18)7-5-11/h4-7,9-10,15H,3,8H2,1-2H3,(H,20,21)(H,22,23)/t10-,15-/m1/s1. The van der Waals surface area contributed by atoms with Gasteiger partial charge in [0.15, 0.2) is 0 Å². The Hall–Kier alpha value is -1.92. The summed E-state index contributed by atoms with van der Waals surface area (Å²) in [5.41, 5.74) is 1.55. The average molecular weight is 367 g/mol. The van der Waals surface area contributed by atoms with E-state index in [2.05, 4.69) is 10.3 Å². The van der Waals surface area contributed by atoms with Crippen molar-refractivity contribution in [1.29, 1.82) is 0 Å². The van der Waals surface area contributed by atoms with Crippen LogP contribution in [0.25, 0.3) is 10.6 Å². The summed E-state index contributed by atoms with van der Waals surface area (Å²) in [5.74, 6) is -1.49. The zero-order valence-electron chi connectivity index (χ0n) is 13.5. The van der Waals surface area contributed by atoms with Gasteiger partial charge < -0.3 is 10.4 Å². The summed E-state index contributed by atoms with van der Waals surface area (Å²) in [6.07, 6.45) is 0.735. The minimum Gasteiger partial charge on any atom is -0.480 e. The first-order chi connectivity index (χ1) is 11.4. The van der Waals surface area contributed by atoms with E-state index in [9.17, 15) is 14.7 Å². The molecular weight excluding hydrogens is 348 g/mol. The van der Waals surface area contributed by atoms with Gasteiger partial charge in [-0.15, -0.1) is 11.3 Å². The number of amides is 1. The second kappa shape index (κ2) is 8.26. The maximum Gasteiger partial charge on any atom is 0.326 e. The van der Waals surface area contributed by atoms with E-state index in [1.165, 1.54) is 11.3 Å². The number of nitrogens with zero attached hydrogens (tertiary/aromatic N) is 1. The highest BCUT2D eigenvalue weighted by atomic mass is 35.5. The lowest BCUT2D eigenvalue weighted by Gasteiger charge is -2.19. The lowest BCUT2D eigenvalue weighted by Crippen LogP contribution is -2.45. The van der Waals surface area contributed by atoms with Crippen molar-refractivity contribution in [3.8, 4) is 10.6 Å². The Balaban J connectivity index is 2.02. The zero-order valence-corrected chi connectivity index (χ0v) is 15.0. The minimum atomic E-state index is -1.02. The first kappa shape index (κ1) is 18.4. The van der Waals surface area contributed by atoms with Crippen molar-refractivity contribution < 1.29 is 14.7 Å². The van der Waals surface area contributed by atoms with Crippen LogP contribution in [0.1, 0.15) is 26.0 Å². The molecule has 0 fully saturated rings. The smallest absolute Gasteiger partial charge is 0.326 e. The number of benzene rings is 1. The average Bonchev–Trinajstić information content (AvgIpc) is 3.00. The van der Waals surface area contributed by atoms with Crippen molar-refractivity contribution in [3.63, 3.8) is 0 Å². The number of nitrogens with one attached hydrogen (secondary N) is 1. The summed E-state index contributed by atoms with van der Waals surface area (Å²) in [7, 11) is 0. The molecule has 0 saturated heterocycles. The van der Waals surface area contributed by atoms with Gasteiger partial charge in [-0.25, -0.2) is 9.78 Å². The molecule has 7 heteroatoms. The van der Waals surface area contributed by atoms with Crippen molar-refractivity contribution in [3.05, 3.63) is 40.4 Å². The number of aromatic nitrogens is 1. The fraction of sp³-hybridized carbons (Fsp3) is 0.353. The molecule has 0 unspecified atom stereocenters. The first-order valence-corrected chi connectivity index (χ1v) is 8.89. The lowest BCUT2D eigenvalue weighted by molar-refractivity contribution is -0.143. The highest BCUT2D eigenvalue weighted by Gasteiger charge is 2.25. The molecule has 2 rings (SSSR count). The molecule has 1 amide bonds. The molecule has 1 heterocycles. The predicted octanol–water partition coefficient (Wildman–Crippen LogP) is 3.62. The van der Waals surface area contributed by atoms with Crippen LogP contribution in [0.3, 0.4) is 0 Å². The summed E-state index contributed by atoms with van der Waals surface area (Å²) < 4.78 is 0. The van der Waals surface area contributed by atoms with Crippen LogP contribution in [-0.4, -0.2) is 28.0 Å². The van der Waals surface area contributed by atoms with Gasteiger partial charge in [-0.05, 0) is 18.1 Å². The number of aliphatic carboxylic acids is 1. The fourth-order valence-electron chi connectivity index (χ4n) is 2.19. The quantitative estimate of drug-likeness (QED) is 0.784. The van der Waals surface area contributed by atoms with Gasteiger partial charge in [-0.2, -0.15) is 0 Å². The number of halogens is 1. The first-order valence-electron chi connectivity index (χ1n) is 7.63. The van der Waals surface area contributed by atoms with Crippen molar-refractivity contribution in [1.82, 2.24) is 10.3 Å². The molecule has 0 aliphatic rings. The third-order valence-electron chi connectivity index (χ3n) is 3.78. The molecule has 0 aliphatic carbocycles. The number of rotatable bonds is 7. The van der Waals surface area contributed by atoms with E-state index < -0.39 is 12.0 Å². The van der Waals surface area contributed by atoms with Crippen LogP contribution in [-0.2, 0) is 16.0 Å². The monoisotopic (exact) mass is 366 g/mol. The molecule has 0 radical (unpaired) electrons. The Kier molecular flexibility index (Phi) is 6.34. The molecule has 128 valence electrons. The molecule has 0 bridgehead atoms. The van der Waals surface area contributed by atoms with Gasteiger partial charge in [0.2, 0.25) is 5.91 Å². The van der Waals surface area contributed by atoms with Gasteiger partial charge in [0, 0.05) is 16.0 Å². The van der Waals surface area contributed by atoms with Crippen LogP contribution in [0.4, 0.5) is 0 Å². The molecule has 1 aromatic heterocycles. The van der Waals surface area contributed by atoms with Gasteiger partial charge in [0.1, 0.15) is 11.0 Å². The van der Waals surface area contributed by atoms with E-state index in [4.69, 9.17) is 11.6 Å². The topological polar surface area (TPSA) is 79.3 Å². The molecule has 2 N–H and O–H groups in total. The lowest BCUT2D eigenvalue weighted by atomic mass is 9.99. The molecule has 1 aromatic carbocycles. The van der Waals surface area contributed by atoms with Gasteiger partial charge in [0.25, 0.3) is 0 Å². The minimum absolute atomic E-state index is 0.0598. The number of hydrogen-bond acceptors (Lipinski definition) is 4.